The van der Waals surface area contributed by atoms with Crippen molar-refractivity contribution in [2.45, 2.75) is 31.9 Å². The molecule has 3 nitrogen and oxygen atoms in total. The van der Waals surface area contributed by atoms with Crippen molar-refractivity contribution in [2.75, 3.05) is 17.7 Å². The molecular formula is C15H19F3N2O. The van der Waals surface area contributed by atoms with Crippen molar-refractivity contribution in [3.8, 4) is 0 Å². The number of benzene rings is 1. The molecule has 21 heavy (non-hydrogen) atoms. The summed E-state index contributed by atoms with van der Waals surface area (Å²) < 4.78 is 37.9. The van der Waals surface area contributed by atoms with Gasteiger partial charge in [0.1, 0.15) is 0 Å². The zero-order valence-corrected chi connectivity index (χ0v) is 11.9. The standard InChI is InChI=1S/C15H19F3N2O/c1-20(13-4-2-3-12(19)9-13)14(21)10-5-7-11(8-6-10)15(16,17)18/h2-4,9-11H,5-8,19H2,1H3. The van der Waals surface area contributed by atoms with Crippen molar-refractivity contribution >= 4 is 17.3 Å². The van der Waals surface area contributed by atoms with Gasteiger partial charge in [0.15, 0.2) is 0 Å². The Hall–Kier alpha value is -1.72. The van der Waals surface area contributed by atoms with E-state index in [0.717, 1.165) is 0 Å². The van der Waals surface area contributed by atoms with Gasteiger partial charge >= 0.3 is 6.18 Å². The molecule has 1 fully saturated rings. The van der Waals surface area contributed by atoms with Gasteiger partial charge in [-0.1, -0.05) is 6.07 Å². The fourth-order valence-corrected chi connectivity index (χ4v) is 2.80. The molecule has 0 saturated heterocycles. The van der Waals surface area contributed by atoms with Gasteiger partial charge in [-0.15, -0.1) is 0 Å². The number of alkyl halides is 3. The maximum absolute atomic E-state index is 12.6. The molecule has 2 rings (SSSR count). The molecule has 0 unspecified atom stereocenters. The number of nitrogen functional groups attached to an aromatic ring is 1. The second-order valence-corrected chi connectivity index (χ2v) is 5.58. The van der Waals surface area contributed by atoms with E-state index in [0.29, 0.717) is 11.4 Å². The van der Waals surface area contributed by atoms with Crippen LogP contribution >= 0.6 is 0 Å². The minimum Gasteiger partial charge on any atom is -0.399 e. The van der Waals surface area contributed by atoms with Crippen molar-refractivity contribution in [3.05, 3.63) is 24.3 Å². The van der Waals surface area contributed by atoms with Crippen LogP contribution in [0, 0.1) is 11.8 Å². The van der Waals surface area contributed by atoms with Crippen LogP contribution in [0.25, 0.3) is 0 Å². The molecule has 1 aromatic carbocycles. The molecule has 0 heterocycles. The zero-order valence-electron chi connectivity index (χ0n) is 11.9. The lowest BCUT2D eigenvalue weighted by Crippen LogP contribution is -2.37. The fraction of sp³-hybridized carbons (Fsp3) is 0.533. The monoisotopic (exact) mass is 300 g/mol. The van der Waals surface area contributed by atoms with E-state index in [4.69, 9.17) is 5.73 Å². The van der Waals surface area contributed by atoms with E-state index in [2.05, 4.69) is 0 Å². The molecule has 2 N–H and O–H groups in total. The average molecular weight is 300 g/mol. The molecule has 1 amide bonds. The Morgan fingerprint density at radius 2 is 1.86 bits per heavy atom. The summed E-state index contributed by atoms with van der Waals surface area (Å²) in [6, 6.07) is 6.90. The second-order valence-electron chi connectivity index (χ2n) is 5.58. The first-order chi connectivity index (χ1) is 9.79. The molecule has 1 saturated carbocycles. The van der Waals surface area contributed by atoms with E-state index in [1.165, 1.54) is 4.90 Å². The maximum atomic E-state index is 12.6. The summed E-state index contributed by atoms with van der Waals surface area (Å²) in [4.78, 5) is 13.9. The molecule has 1 aromatic rings. The second kappa shape index (κ2) is 5.95. The number of carbonyl (C=O) groups is 1. The molecule has 1 aliphatic carbocycles. The minimum atomic E-state index is -4.15. The lowest BCUT2D eigenvalue weighted by Gasteiger charge is -2.31. The van der Waals surface area contributed by atoms with Crippen LogP contribution < -0.4 is 10.6 Å². The van der Waals surface area contributed by atoms with Crippen molar-refractivity contribution in [2.24, 2.45) is 11.8 Å². The Bertz CT molecular complexity index is 508. The van der Waals surface area contributed by atoms with E-state index in [1.807, 2.05) is 0 Å². The van der Waals surface area contributed by atoms with E-state index < -0.39 is 12.1 Å². The maximum Gasteiger partial charge on any atom is 0.391 e. The Morgan fingerprint density at radius 1 is 1.24 bits per heavy atom. The third kappa shape index (κ3) is 3.68. The predicted octanol–water partition coefficient (Wildman–Crippen LogP) is 3.60. The fourth-order valence-electron chi connectivity index (χ4n) is 2.80. The quantitative estimate of drug-likeness (QED) is 0.848. The molecule has 0 aromatic heterocycles. The summed E-state index contributed by atoms with van der Waals surface area (Å²) in [7, 11) is 1.63. The Labute approximate surface area is 121 Å². The molecule has 0 spiro atoms. The molecule has 116 valence electrons. The van der Waals surface area contributed by atoms with Gasteiger partial charge in [-0.3, -0.25) is 4.79 Å². The van der Waals surface area contributed by atoms with Crippen molar-refractivity contribution in [1.29, 1.82) is 0 Å². The van der Waals surface area contributed by atoms with E-state index in [1.54, 1.807) is 31.3 Å². The number of anilines is 2. The third-order valence-electron chi connectivity index (χ3n) is 4.13. The Morgan fingerprint density at radius 3 is 2.38 bits per heavy atom. The minimum absolute atomic E-state index is 0.0324. The number of halogens is 3. The highest BCUT2D eigenvalue weighted by atomic mass is 19.4. The summed E-state index contributed by atoms with van der Waals surface area (Å²) in [5.41, 5.74) is 6.89. The SMILES string of the molecule is CN(C(=O)C1CCC(C(F)(F)F)CC1)c1cccc(N)c1. The van der Waals surface area contributed by atoms with Crippen molar-refractivity contribution in [1.82, 2.24) is 0 Å². The Kier molecular flexibility index (Phi) is 4.44. The summed E-state index contributed by atoms with van der Waals surface area (Å²) in [6.07, 6.45) is -3.51. The van der Waals surface area contributed by atoms with Gasteiger partial charge < -0.3 is 10.6 Å². The first-order valence-corrected chi connectivity index (χ1v) is 6.99. The van der Waals surface area contributed by atoms with Gasteiger partial charge in [0.05, 0.1) is 5.92 Å². The van der Waals surface area contributed by atoms with Gasteiger partial charge in [0.25, 0.3) is 0 Å². The number of hydrogen-bond acceptors (Lipinski definition) is 2. The summed E-state index contributed by atoms with van der Waals surface area (Å²) in [5.74, 6) is -1.74. The number of nitrogens with zero attached hydrogens (tertiary/aromatic N) is 1. The topological polar surface area (TPSA) is 46.3 Å². The normalized spacial score (nSPS) is 22.9. The van der Waals surface area contributed by atoms with Gasteiger partial charge in [-0.25, -0.2) is 0 Å². The molecule has 0 bridgehead atoms. The largest absolute Gasteiger partial charge is 0.399 e. The van der Waals surface area contributed by atoms with Gasteiger partial charge in [0.2, 0.25) is 5.91 Å². The summed E-state index contributed by atoms with van der Waals surface area (Å²) >= 11 is 0. The van der Waals surface area contributed by atoms with E-state index >= 15 is 0 Å². The smallest absolute Gasteiger partial charge is 0.391 e. The van der Waals surface area contributed by atoms with E-state index in [-0.39, 0.29) is 37.5 Å². The highest BCUT2D eigenvalue weighted by molar-refractivity contribution is 5.94. The lowest BCUT2D eigenvalue weighted by molar-refractivity contribution is -0.184. The molecule has 1 aliphatic rings. The molecular weight excluding hydrogens is 281 g/mol. The zero-order chi connectivity index (χ0) is 15.6. The van der Waals surface area contributed by atoms with Crippen LogP contribution in [0.15, 0.2) is 24.3 Å². The number of amides is 1. The molecule has 6 heteroatoms. The van der Waals surface area contributed by atoms with Crippen LogP contribution in [0.2, 0.25) is 0 Å². The first kappa shape index (κ1) is 15.7. The molecule has 0 atom stereocenters. The van der Waals surface area contributed by atoms with Gasteiger partial charge in [-0.2, -0.15) is 13.2 Å². The predicted molar refractivity (Wildman–Crippen MR) is 75.8 cm³/mol. The first-order valence-electron chi connectivity index (χ1n) is 6.99. The highest BCUT2D eigenvalue weighted by Gasteiger charge is 2.42. The van der Waals surface area contributed by atoms with Crippen LogP contribution in [0.4, 0.5) is 24.5 Å². The van der Waals surface area contributed by atoms with Crippen LogP contribution in [-0.2, 0) is 4.79 Å². The van der Waals surface area contributed by atoms with Gasteiger partial charge in [-0.05, 0) is 43.9 Å². The van der Waals surface area contributed by atoms with Crippen LogP contribution in [-0.4, -0.2) is 19.1 Å². The summed E-state index contributed by atoms with van der Waals surface area (Å²) in [5, 5.41) is 0. The average Bonchev–Trinajstić information content (AvgIpc) is 2.45. The summed E-state index contributed by atoms with van der Waals surface area (Å²) in [6.45, 7) is 0. The highest BCUT2D eigenvalue weighted by Crippen LogP contribution is 2.40. The molecule has 0 aliphatic heterocycles. The number of rotatable bonds is 2. The van der Waals surface area contributed by atoms with E-state index in [9.17, 15) is 18.0 Å². The number of carbonyl (C=O) groups excluding carboxylic acids is 1. The van der Waals surface area contributed by atoms with Crippen molar-refractivity contribution in [3.63, 3.8) is 0 Å². The Balaban J connectivity index is 1.99. The van der Waals surface area contributed by atoms with Crippen molar-refractivity contribution < 1.29 is 18.0 Å². The van der Waals surface area contributed by atoms with Gasteiger partial charge in [0, 0.05) is 24.3 Å². The number of nitrogens with two attached hydrogens (primary N) is 1. The molecule has 0 radical (unpaired) electrons. The van der Waals surface area contributed by atoms with Crippen LogP contribution in [0.5, 0.6) is 0 Å². The third-order valence-corrected chi connectivity index (χ3v) is 4.13. The van der Waals surface area contributed by atoms with Crippen LogP contribution in [0.1, 0.15) is 25.7 Å². The lowest BCUT2D eigenvalue weighted by atomic mass is 9.81. The van der Waals surface area contributed by atoms with Crippen LogP contribution in [0.3, 0.4) is 0 Å². The number of hydrogen-bond donors (Lipinski definition) is 1.